The molecule has 0 bridgehead atoms. The highest BCUT2D eigenvalue weighted by molar-refractivity contribution is 7.86. The van der Waals surface area contributed by atoms with Crippen molar-refractivity contribution in [1.29, 1.82) is 0 Å². The van der Waals surface area contributed by atoms with Crippen LogP contribution in [0.3, 0.4) is 0 Å². The van der Waals surface area contributed by atoms with Crippen LogP contribution in [-0.4, -0.2) is 8.42 Å². The van der Waals surface area contributed by atoms with Crippen molar-refractivity contribution in [3.8, 4) is 0 Å². The van der Waals surface area contributed by atoms with Crippen molar-refractivity contribution < 1.29 is 12.6 Å². The van der Waals surface area contributed by atoms with Crippen LogP contribution < -0.4 is 0 Å². The van der Waals surface area contributed by atoms with Gasteiger partial charge in [-0.05, 0) is 37.5 Å². The fraction of sp³-hybridized carbons (Fsp3) is 0.500. The number of hydrogen-bond donors (Lipinski definition) is 0. The summed E-state index contributed by atoms with van der Waals surface area (Å²) in [6, 6.07) is 6.99. The van der Waals surface area contributed by atoms with Gasteiger partial charge >= 0.3 is 0 Å². The SMILES string of the molecule is C[CH]OS(=O)(=O)c1cccc(CCCCCC)c1. The van der Waals surface area contributed by atoms with E-state index in [4.69, 9.17) is 0 Å². The topological polar surface area (TPSA) is 43.4 Å². The van der Waals surface area contributed by atoms with Gasteiger partial charge in [-0.2, -0.15) is 8.42 Å². The second kappa shape index (κ2) is 7.54. The van der Waals surface area contributed by atoms with Crippen LogP contribution in [0.4, 0.5) is 0 Å². The molecule has 0 atom stereocenters. The van der Waals surface area contributed by atoms with Crippen LogP contribution >= 0.6 is 0 Å². The van der Waals surface area contributed by atoms with Gasteiger partial charge in [-0.15, -0.1) is 0 Å². The normalized spacial score (nSPS) is 11.7. The van der Waals surface area contributed by atoms with Crippen molar-refractivity contribution >= 4 is 10.1 Å². The molecule has 0 heterocycles. The summed E-state index contributed by atoms with van der Waals surface area (Å²) < 4.78 is 28.1. The molecule has 0 saturated carbocycles. The van der Waals surface area contributed by atoms with Crippen molar-refractivity contribution in [2.75, 3.05) is 0 Å². The fourth-order valence-electron chi connectivity index (χ4n) is 1.79. The molecule has 0 aromatic heterocycles. The molecule has 0 saturated heterocycles. The van der Waals surface area contributed by atoms with Gasteiger partial charge in [0.2, 0.25) is 0 Å². The van der Waals surface area contributed by atoms with Gasteiger partial charge in [0, 0.05) is 0 Å². The molecule has 0 N–H and O–H groups in total. The Morgan fingerprint density at radius 1 is 1.22 bits per heavy atom. The fourth-order valence-corrected chi connectivity index (χ4v) is 2.70. The third-order valence-electron chi connectivity index (χ3n) is 2.73. The molecule has 0 fully saturated rings. The number of benzene rings is 1. The van der Waals surface area contributed by atoms with Crippen LogP contribution in [0.1, 0.15) is 45.1 Å². The zero-order valence-electron chi connectivity index (χ0n) is 11.1. The van der Waals surface area contributed by atoms with Crippen molar-refractivity contribution in [3.63, 3.8) is 0 Å². The summed E-state index contributed by atoms with van der Waals surface area (Å²) in [5.74, 6) is 0. The number of rotatable bonds is 8. The zero-order valence-corrected chi connectivity index (χ0v) is 11.9. The minimum Gasteiger partial charge on any atom is -0.261 e. The molecule has 1 radical (unpaired) electrons. The lowest BCUT2D eigenvalue weighted by atomic mass is 10.1. The maximum Gasteiger partial charge on any atom is 0.297 e. The molecule has 0 spiro atoms. The first-order chi connectivity index (χ1) is 8.60. The van der Waals surface area contributed by atoms with Gasteiger partial charge < -0.3 is 0 Å². The highest BCUT2D eigenvalue weighted by Gasteiger charge is 2.14. The lowest BCUT2D eigenvalue weighted by molar-refractivity contribution is 0.399. The molecule has 0 amide bonds. The minimum atomic E-state index is -3.62. The first kappa shape index (κ1) is 15.2. The summed E-state index contributed by atoms with van der Waals surface area (Å²) in [5, 5.41) is 0. The average molecular weight is 269 g/mol. The smallest absolute Gasteiger partial charge is 0.261 e. The summed E-state index contributed by atoms with van der Waals surface area (Å²) in [6.07, 6.45) is 5.63. The van der Waals surface area contributed by atoms with E-state index in [1.807, 2.05) is 6.07 Å². The third kappa shape index (κ3) is 4.78. The Labute approximate surface area is 110 Å². The average Bonchev–Trinajstić information content (AvgIpc) is 2.35. The maximum absolute atomic E-state index is 11.7. The van der Waals surface area contributed by atoms with Crippen LogP contribution in [0.15, 0.2) is 29.2 Å². The number of unbranched alkanes of at least 4 members (excludes halogenated alkanes) is 3. The van der Waals surface area contributed by atoms with Gasteiger partial charge in [0.05, 0.1) is 4.90 Å². The molecule has 0 aliphatic rings. The van der Waals surface area contributed by atoms with E-state index in [0.29, 0.717) is 0 Å². The van der Waals surface area contributed by atoms with Crippen molar-refractivity contribution in [2.24, 2.45) is 0 Å². The summed E-state index contributed by atoms with van der Waals surface area (Å²) >= 11 is 0. The first-order valence-electron chi connectivity index (χ1n) is 6.40. The molecule has 4 heteroatoms. The molecule has 0 unspecified atom stereocenters. The largest absolute Gasteiger partial charge is 0.297 e. The lowest BCUT2D eigenvalue weighted by Gasteiger charge is -2.06. The van der Waals surface area contributed by atoms with Crippen LogP contribution in [-0.2, 0) is 20.7 Å². The van der Waals surface area contributed by atoms with Gasteiger partial charge in [-0.25, -0.2) is 0 Å². The highest BCUT2D eigenvalue weighted by Crippen LogP contribution is 2.16. The molecule has 0 aliphatic heterocycles. The molecular weight excluding hydrogens is 248 g/mol. The molecule has 1 rings (SSSR count). The van der Waals surface area contributed by atoms with Crippen molar-refractivity contribution in [2.45, 2.75) is 50.8 Å². The Balaban J connectivity index is 2.68. The standard InChI is InChI=1S/C14H21O3S/c1-3-5-6-7-9-13-10-8-11-14(12-13)18(15,16)17-4-2/h4,8,10-12H,3,5-7,9H2,1-2H3. The summed E-state index contributed by atoms with van der Waals surface area (Å²) in [5.41, 5.74) is 1.05. The lowest BCUT2D eigenvalue weighted by Crippen LogP contribution is -2.04. The van der Waals surface area contributed by atoms with E-state index >= 15 is 0 Å². The predicted octanol–water partition coefficient (Wildman–Crippen LogP) is 3.70. The van der Waals surface area contributed by atoms with E-state index in [1.54, 1.807) is 25.1 Å². The predicted molar refractivity (Wildman–Crippen MR) is 72.5 cm³/mol. The Kier molecular flexibility index (Phi) is 6.36. The summed E-state index contributed by atoms with van der Waals surface area (Å²) in [4.78, 5) is 0.230. The quantitative estimate of drug-likeness (QED) is 0.534. The van der Waals surface area contributed by atoms with E-state index in [-0.39, 0.29) is 4.90 Å². The zero-order chi connectivity index (χ0) is 13.4. The molecule has 1 aromatic rings. The van der Waals surface area contributed by atoms with Crippen LogP contribution in [0, 0.1) is 6.61 Å². The van der Waals surface area contributed by atoms with E-state index in [9.17, 15) is 8.42 Å². The number of hydrogen-bond acceptors (Lipinski definition) is 3. The first-order valence-corrected chi connectivity index (χ1v) is 7.81. The van der Waals surface area contributed by atoms with Gasteiger partial charge in [0.1, 0.15) is 6.61 Å². The molecule has 3 nitrogen and oxygen atoms in total. The Hall–Kier alpha value is -0.870. The Morgan fingerprint density at radius 2 is 2.00 bits per heavy atom. The van der Waals surface area contributed by atoms with E-state index < -0.39 is 10.1 Å². The Morgan fingerprint density at radius 3 is 2.67 bits per heavy atom. The minimum absolute atomic E-state index is 0.230. The van der Waals surface area contributed by atoms with Gasteiger partial charge in [0.25, 0.3) is 10.1 Å². The molecule has 18 heavy (non-hydrogen) atoms. The van der Waals surface area contributed by atoms with Crippen LogP contribution in [0.5, 0.6) is 0 Å². The molecule has 1 aromatic carbocycles. The highest BCUT2D eigenvalue weighted by atomic mass is 32.2. The van der Waals surface area contributed by atoms with Crippen molar-refractivity contribution in [1.82, 2.24) is 0 Å². The third-order valence-corrected chi connectivity index (χ3v) is 4.01. The van der Waals surface area contributed by atoms with E-state index in [1.165, 1.54) is 25.9 Å². The molecule has 0 aliphatic carbocycles. The van der Waals surface area contributed by atoms with Crippen LogP contribution in [0.25, 0.3) is 0 Å². The maximum atomic E-state index is 11.7. The second-order valence-electron chi connectivity index (χ2n) is 4.24. The van der Waals surface area contributed by atoms with E-state index in [0.717, 1.165) is 18.4 Å². The molecule has 101 valence electrons. The number of aryl methyl sites for hydroxylation is 1. The monoisotopic (exact) mass is 269 g/mol. The summed E-state index contributed by atoms with van der Waals surface area (Å²) in [6.45, 7) is 4.90. The molecular formula is C14H21O3S. The second-order valence-corrected chi connectivity index (χ2v) is 5.82. The van der Waals surface area contributed by atoms with Crippen LogP contribution in [0.2, 0.25) is 0 Å². The van der Waals surface area contributed by atoms with Crippen molar-refractivity contribution in [3.05, 3.63) is 36.4 Å². The Bertz CT molecular complexity index is 452. The van der Waals surface area contributed by atoms with Gasteiger partial charge in [0.15, 0.2) is 0 Å². The van der Waals surface area contributed by atoms with E-state index in [2.05, 4.69) is 11.1 Å². The van der Waals surface area contributed by atoms with Gasteiger partial charge in [-0.1, -0.05) is 38.3 Å². The summed E-state index contributed by atoms with van der Waals surface area (Å²) in [7, 11) is -3.62. The van der Waals surface area contributed by atoms with Gasteiger partial charge in [-0.3, -0.25) is 4.18 Å².